The molecule has 0 saturated heterocycles. The highest BCUT2D eigenvalue weighted by Gasteiger charge is 2.26. The Morgan fingerprint density at radius 1 is 1.44 bits per heavy atom. The van der Waals surface area contributed by atoms with Crippen molar-refractivity contribution in [2.45, 2.75) is 58.5 Å². The molecule has 0 aromatic heterocycles. The molecule has 0 radical (unpaired) electrons. The Hall–Kier alpha value is -0.990. The Labute approximate surface area is 111 Å². The van der Waals surface area contributed by atoms with Crippen molar-refractivity contribution < 1.29 is 9.53 Å². The van der Waals surface area contributed by atoms with Gasteiger partial charge in [-0.3, -0.25) is 0 Å². The van der Waals surface area contributed by atoms with Crippen molar-refractivity contribution >= 4 is 6.09 Å². The van der Waals surface area contributed by atoms with E-state index in [2.05, 4.69) is 6.58 Å². The highest BCUT2D eigenvalue weighted by molar-refractivity contribution is 5.68. The summed E-state index contributed by atoms with van der Waals surface area (Å²) in [4.78, 5) is 14.0. The monoisotopic (exact) mass is 253 g/mol. The van der Waals surface area contributed by atoms with E-state index in [0.29, 0.717) is 5.92 Å². The number of nitrogens with zero attached hydrogens (tertiary/aromatic N) is 1. The van der Waals surface area contributed by atoms with Crippen molar-refractivity contribution in [1.29, 1.82) is 0 Å². The van der Waals surface area contributed by atoms with E-state index in [4.69, 9.17) is 4.74 Å². The van der Waals surface area contributed by atoms with Gasteiger partial charge in [-0.15, -0.1) is 6.58 Å². The first kappa shape index (κ1) is 15.1. The van der Waals surface area contributed by atoms with Gasteiger partial charge in [-0.05, 0) is 52.4 Å². The Bertz CT molecular complexity index is 277. The van der Waals surface area contributed by atoms with E-state index < -0.39 is 5.60 Å². The molecule has 3 nitrogen and oxygen atoms in total. The van der Waals surface area contributed by atoms with Crippen LogP contribution < -0.4 is 0 Å². The number of ether oxygens (including phenoxy) is 1. The summed E-state index contributed by atoms with van der Waals surface area (Å²) < 4.78 is 5.46. The van der Waals surface area contributed by atoms with Gasteiger partial charge in [0.15, 0.2) is 0 Å². The van der Waals surface area contributed by atoms with Gasteiger partial charge in [0.25, 0.3) is 0 Å². The molecule has 0 aromatic carbocycles. The molecule has 0 N–H and O–H groups in total. The number of carbonyl (C=O) groups is 1. The topological polar surface area (TPSA) is 29.5 Å². The lowest BCUT2D eigenvalue weighted by Crippen LogP contribution is -2.41. The number of hydrogen-bond donors (Lipinski definition) is 0. The average Bonchev–Trinajstić information content (AvgIpc) is 2.17. The summed E-state index contributed by atoms with van der Waals surface area (Å²) in [5.41, 5.74) is -0.409. The van der Waals surface area contributed by atoms with Gasteiger partial charge in [0.05, 0.1) is 0 Å². The normalized spacial score (nSPS) is 15.9. The number of hydrogen-bond acceptors (Lipinski definition) is 2. The molecule has 0 aliphatic heterocycles. The quantitative estimate of drug-likeness (QED) is 0.529. The minimum Gasteiger partial charge on any atom is -0.444 e. The fraction of sp³-hybridized carbons (Fsp3) is 0.800. The van der Waals surface area contributed by atoms with Crippen molar-refractivity contribution in [3.8, 4) is 0 Å². The standard InChI is InChI=1S/C15H27NO2/c1-5-6-7-11-16(12-13-9-8-10-13)14(17)18-15(2,3)4/h5,13H,1,6-12H2,2-4H3. The van der Waals surface area contributed by atoms with Gasteiger partial charge < -0.3 is 9.64 Å². The second-order valence-electron chi connectivity index (χ2n) is 6.15. The van der Waals surface area contributed by atoms with Crippen molar-refractivity contribution in [2.75, 3.05) is 13.1 Å². The fourth-order valence-corrected chi connectivity index (χ4v) is 2.00. The second-order valence-corrected chi connectivity index (χ2v) is 6.15. The molecule has 104 valence electrons. The minimum atomic E-state index is -0.409. The molecule has 18 heavy (non-hydrogen) atoms. The molecule has 1 amide bonds. The van der Waals surface area contributed by atoms with Crippen molar-refractivity contribution in [1.82, 2.24) is 4.90 Å². The third kappa shape index (κ3) is 5.56. The number of carbonyl (C=O) groups excluding carboxylic acids is 1. The molecular formula is C15H27NO2. The van der Waals surface area contributed by atoms with Crippen LogP contribution in [0.3, 0.4) is 0 Å². The molecule has 0 bridgehead atoms. The zero-order valence-corrected chi connectivity index (χ0v) is 12.1. The van der Waals surface area contributed by atoms with E-state index in [1.807, 2.05) is 31.7 Å². The zero-order chi connectivity index (χ0) is 13.6. The second kappa shape index (κ2) is 6.81. The first-order chi connectivity index (χ1) is 8.42. The van der Waals surface area contributed by atoms with Crippen LogP contribution in [0.5, 0.6) is 0 Å². The maximum Gasteiger partial charge on any atom is 0.410 e. The van der Waals surface area contributed by atoms with Crippen LogP contribution in [0.15, 0.2) is 12.7 Å². The van der Waals surface area contributed by atoms with Crippen LogP contribution in [-0.2, 0) is 4.74 Å². The highest BCUT2D eigenvalue weighted by atomic mass is 16.6. The van der Waals surface area contributed by atoms with Gasteiger partial charge in [-0.1, -0.05) is 12.5 Å². The Morgan fingerprint density at radius 3 is 2.56 bits per heavy atom. The zero-order valence-electron chi connectivity index (χ0n) is 12.1. The molecule has 0 aromatic rings. The van der Waals surface area contributed by atoms with E-state index in [-0.39, 0.29) is 6.09 Å². The molecule has 0 atom stereocenters. The first-order valence-corrected chi connectivity index (χ1v) is 7.01. The summed E-state index contributed by atoms with van der Waals surface area (Å²) >= 11 is 0. The summed E-state index contributed by atoms with van der Waals surface area (Å²) in [6, 6.07) is 0. The van der Waals surface area contributed by atoms with Crippen molar-refractivity contribution in [3.05, 3.63) is 12.7 Å². The highest BCUT2D eigenvalue weighted by Crippen LogP contribution is 2.27. The Balaban J connectivity index is 2.45. The maximum absolute atomic E-state index is 12.1. The molecule has 3 heteroatoms. The fourth-order valence-electron chi connectivity index (χ4n) is 2.00. The van der Waals surface area contributed by atoms with Crippen LogP contribution >= 0.6 is 0 Å². The van der Waals surface area contributed by atoms with E-state index >= 15 is 0 Å². The predicted octanol–water partition coefficient (Wildman–Crippen LogP) is 3.99. The van der Waals surface area contributed by atoms with E-state index in [9.17, 15) is 4.79 Å². The maximum atomic E-state index is 12.1. The largest absolute Gasteiger partial charge is 0.444 e. The van der Waals surface area contributed by atoms with Crippen LogP contribution in [0.1, 0.15) is 52.9 Å². The van der Waals surface area contributed by atoms with Crippen LogP contribution in [-0.4, -0.2) is 29.7 Å². The van der Waals surface area contributed by atoms with Crippen molar-refractivity contribution in [3.63, 3.8) is 0 Å². The third-order valence-corrected chi connectivity index (χ3v) is 3.19. The van der Waals surface area contributed by atoms with Gasteiger partial charge in [-0.25, -0.2) is 4.79 Å². The summed E-state index contributed by atoms with van der Waals surface area (Å²) in [7, 11) is 0. The molecule has 1 fully saturated rings. The Morgan fingerprint density at radius 2 is 2.11 bits per heavy atom. The summed E-state index contributed by atoms with van der Waals surface area (Å²) in [5, 5.41) is 0. The molecule has 0 unspecified atom stereocenters. The van der Waals surface area contributed by atoms with Crippen LogP contribution in [0.4, 0.5) is 4.79 Å². The van der Waals surface area contributed by atoms with Gasteiger partial charge in [-0.2, -0.15) is 0 Å². The lowest BCUT2D eigenvalue weighted by Gasteiger charge is -2.33. The van der Waals surface area contributed by atoms with E-state index in [1.54, 1.807) is 0 Å². The number of unbranched alkanes of at least 4 members (excludes halogenated alkanes) is 1. The number of rotatable bonds is 6. The van der Waals surface area contributed by atoms with Gasteiger partial charge in [0, 0.05) is 13.1 Å². The van der Waals surface area contributed by atoms with E-state index in [0.717, 1.165) is 25.9 Å². The molecule has 0 spiro atoms. The molecule has 1 aliphatic rings. The van der Waals surface area contributed by atoms with Crippen LogP contribution in [0.2, 0.25) is 0 Å². The predicted molar refractivity (Wildman–Crippen MR) is 74.6 cm³/mol. The number of allylic oxidation sites excluding steroid dienone is 1. The molecule has 1 saturated carbocycles. The summed E-state index contributed by atoms with van der Waals surface area (Å²) in [6.45, 7) is 11.1. The first-order valence-electron chi connectivity index (χ1n) is 7.01. The van der Waals surface area contributed by atoms with Gasteiger partial charge in [0.1, 0.15) is 5.60 Å². The summed E-state index contributed by atoms with van der Waals surface area (Å²) in [6.07, 6.45) is 7.45. The number of amides is 1. The smallest absolute Gasteiger partial charge is 0.410 e. The molecule has 1 aliphatic carbocycles. The van der Waals surface area contributed by atoms with Gasteiger partial charge >= 0.3 is 6.09 Å². The van der Waals surface area contributed by atoms with Crippen LogP contribution in [0, 0.1) is 5.92 Å². The minimum absolute atomic E-state index is 0.168. The van der Waals surface area contributed by atoms with Crippen LogP contribution in [0.25, 0.3) is 0 Å². The van der Waals surface area contributed by atoms with Gasteiger partial charge in [0.2, 0.25) is 0 Å². The lowest BCUT2D eigenvalue weighted by atomic mass is 9.85. The SMILES string of the molecule is C=CCCCN(CC1CCC1)C(=O)OC(C)(C)C. The van der Waals surface area contributed by atoms with E-state index in [1.165, 1.54) is 19.3 Å². The summed E-state index contributed by atoms with van der Waals surface area (Å²) in [5.74, 6) is 0.682. The molecular weight excluding hydrogens is 226 g/mol. The lowest BCUT2D eigenvalue weighted by molar-refractivity contribution is 0.0190. The molecule has 1 rings (SSSR count). The Kier molecular flexibility index (Phi) is 5.70. The van der Waals surface area contributed by atoms with Crippen molar-refractivity contribution in [2.24, 2.45) is 5.92 Å². The average molecular weight is 253 g/mol. The third-order valence-electron chi connectivity index (χ3n) is 3.19. The molecule has 0 heterocycles.